The fraction of sp³-hybridized carbons (Fsp3) is 0.571. The number of benzene rings is 1. The molecule has 1 atom stereocenters. The number of hydrogen-bond donors (Lipinski definition) is 2. The van der Waals surface area contributed by atoms with Crippen LogP contribution in [0.5, 0.6) is 0 Å². The van der Waals surface area contributed by atoms with Crippen molar-refractivity contribution < 1.29 is 0 Å². The molecule has 2 rings (SSSR count). The summed E-state index contributed by atoms with van der Waals surface area (Å²) in [7, 11) is 2.05. The third-order valence-electron chi connectivity index (χ3n) is 3.44. The zero-order chi connectivity index (χ0) is 12.1. The van der Waals surface area contributed by atoms with E-state index in [4.69, 9.17) is 0 Å². The molecule has 1 unspecified atom stereocenters. The van der Waals surface area contributed by atoms with Gasteiger partial charge in [0.25, 0.3) is 0 Å². The summed E-state index contributed by atoms with van der Waals surface area (Å²) in [6.07, 6.45) is 0. The van der Waals surface area contributed by atoms with Crippen LogP contribution in [0.3, 0.4) is 0 Å². The number of likely N-dealkylation sites (N-methyl/N-ethyl adjacent to an activating group) is 1. The number of rotatable bonds is 4. The molecule has 1 aromatic carbocycles. The van der Waals surface area contributed by atoms with Crippen molar-refractivity contribution in [2.75, 3.05) is 39.8 Å². The summed E-state index contributed by atoms with van der Waals surface area (Å²) in [5.74, 6) is 0. The fourth-order valence-corrected chi connectivity index (χ4v) is 2.40. The highest BCUT2D eigenvalue weighted by Crippen LogP contribution is 2.15. The molecular formula is C14H23N3. The highest BCUT2D eigenvalue weighted by atomic mass is 15.2. The Morgan fingerprint density at radius 3 is 2.76 bits per heavy atom. The first-order valence-corrected chi connectivity index (χ1v) is 6.46. The van der Waals surface area contributed by atoms with Crippen LogP contribution in [-0.4, -0.2) is 44.7 Å². The predicted octanol–water partition coefficient (Wildman–Crippen LogP) is 1.16. The molecule has 0 aromatic heterocycles. The smallest absolute Gasteiger partial charge is 0.0446 e. The van der Waals surface area contributed by atoms with Crippen molar-refractivity contribution >= 4 is 0 Å². The third kappa shape index (κ3) is 3.53. The highest BCUT2D eigenvalue weighted by Gasteiger charge is 2.16. The number of piperazine rings is 1. The van der Waals surface area contributed by atoms with Crippen molar-refractivity contribution in [3.05, 3.63) is 35.4 Å². The van der Waals surface area contributed by atoms with E-state index in [1.54, 1.807) is 0 Å². The van der Waals surface area contributed by atoms with E-state index in [1.807, 2.05) is 0 Å². The second-order valence-electron chi connectivity index (χ2n) is 4.81. The lowest BCUT2D eigenvalue weighted by Crippen LogP contribution is -2.46. The van der Waals surface area contributed by atoms with E-state index in [1.165, 1.54) is 11.1 Å². The Bertz CT molecular complexity index is 345. The van der Waals surface area contributed by atoms with Gasteiger partial charge in [-0.2, -0.15) is 0 Å². The number of nitrogens with one attached hydrogen (secondary N) is 2. The number of hydrogen-bond acceptors (Lipinski definition) is 3. The standard InChI is InChI=1S/C14H23N3/c1-12-4-3-5-13(10-12)14(15-2)11-17-8-6-16-7-9-17/h3-5,10,14-16H,6-9,11H2,1-2H3. The topological polar surface area (TPSA) is 27.3 Å². The summed E-state index contributed by atoms with van der Waals surface area (Å²) in [5.41, 5.74) is 2.73. The molecule has 1 aliphatic rings. The van der Waals surface area contributed by atoms with E-state index in [-0.39, 0.29) is 0 Å². The minimum atomic E-state index is 0.438. The van der Waals surface area contributed by atoms with E-state index in [2.05, 4.69) is 53.8 Å². The number of nitrogens with zero attached hydrogens (tertiary/aromatic N) is 1. The van der Waals surface area contributed by atoms with Gasteiger partial charge in [0.2, 0.25) is 0 Å². The monoisotopic (exact) mass is 233 g/mol. The molecule has 1 aromatic rings. The van der Waals surface area contributed by atoms with Crippen molar-refractivity contribution in [3.8, 4) is 0 Å². The Morgan fingerprint density at radius 1 is 1.35 bits per heavy atom. The van der Waals surface area contributed by atoms with E-state index in [0.717, 1.165) is 32.7 Å². The fourth-order valence-electron chi connectivity index (χ4n) is 2.40. The lowest BCUT2D eigenvalue weighted by Gasteiger charge is -2.31. The van der Waals surface area contributed by atoms with E-state index >= 15 is 0 Å². The first-order chi connectivity index (χ1) is 8.29. The van der Waals surface area contributed by atoms with Crippen molar-refractivity contribution in [2.24, 2.45) is 0 Å². The molecule has 0 amide bonds. The van der Waals surface area contributed by atoms with Crippen LogP contribution in [0.2, 0.25) is 0 Å². The summed E-state index contributed by atoms with van der Waals surface area (Å²) in [4.78, 5) is 2.53. The van der Waals surface area contributed by atoms with Crippen molar-refractivity contribution in [1.82, 2.24) is 15.5 Å². The van der Waals surface area contributed by atoms with Gasteiger partial charge in [-0.15, -0.1) is 0 Å². The van der Waals surface area contributed by atoms with E-state index in [0.29, 0.717) is 6.04 Å². The van der Waals surface area contributed by atoms with Crippen molar-refractivity contribution in [3.63, 3.8) is 0 Å². The lowest BCUT2D eigenvalue weighted by molar-refractivity contribution is 0.219. The molecule has 0 aliphatic carbocycles. The van der Waals surface area contributed by atoms with Gasteiger partial charge >= 0.3 is 0 Å². The minimum absolute atomic E-state index is 0.438. The zero-order valence-electron chi connectivity index (χ0n) is 10.9. The van der Waals surface area contributed by atoms with Gasteiger partial charge in [0, 0.05) is 38.8 Å². The molecule has 17 heavy (non-hydrogen) atoms. The Hall–Kier alpha value is -0.900. The SMILES string of the molecule is CNC(CN1CCNCC1)c1cccc(C)c1. The highest BCUT2D eigenvalue weighted by molar-refractivity contribution is 5.25. The van der Waals surface area contributed by atoms with E-state index in [9.17, 15) is 0 Å². The molecule has 0 radical (unpaired) electrons. The molecule has 1 aliphatic heterocycles. The maximum absolute atomic E-state index is 3.43. The molecule has 1 heterocycles. The zero-order valence-corrected chi connectivity index (χ0v) is 10.9. The largest absolute Gasteiger partial charge is 0.314 e. The summed E-state index contributed by atoms with van der Waals surface area (Å²) in [6.45, 7) is 7.80. The second kappa shape index (κ2) is 6.15. The van der Waals surface area contributed by atoms with Crippen molar-refractivity contribution in [2.45, 2.75) is 13.0 Å². The first kappa shape index (κ1) is 12.6. The van der Waals surface area contributed by atoms with Gasteiger partial charge in [-0.25, -0.2) is 0 Å². The van der Waals surface area contributed by atoms with Crippen LogP contribution in [0, 0.1) is 6.92 Å². The second-order valence-corrected chi connectivity index (χ2v) is 4.81. The van der Waals surface area contributed by atoms with Crippen LogP contribution in [0.4, 0.5) is 0 Å². The van der Waals surface area contributed by atoms with Gasteiger partial charge in [0.05, 0.1) is 0 Å². The molecule has 3 nitrogen and oxygen atoms in total. The maximum atomic E-state index is 3.43. The molecule has 1 saturated heterocycles. The van der Waals surface area contributed by atoms with E-state index < -0.39 is 0 Å². The van der Waals surface area contributed by atoms with Crippen LogP contribution in [0.25, 0.3) is 0 Å². The summed E-state index contributed by atoms with van der Waals surface area (Å²) in [5, 5.41) is 6.82. The van der Waals surface area contributed by atoms with Gasteiger partial charge < -0.3 is 10.6 Å². The normalized spacial score (nSPS) is 19.2. The Morgan fingerprint density at radius 2 is 2.12 bits per heavy atom. The maximum Gasteiger partial charge on any atom is 0.0446 e. The quantitative estimate of drug-likeness (QED) is 0.817. The van der Waals surface area contributed by atoms with Crippen LogP contribution < -0.4 is 10.6 Å². The molecule has 0 spiro atoms. The summed E-state index contributed by atoms with van der Waals surface area (Å²) >= 11 is 0. The summed E-state index contributed by atoms with van der Waals surface area (Å²) < 4.78 is 0. The minimum Gasteiger partial charge on any atom is -0.314 e. The Kier molecular flexibility index (Phi) is 4.54. The molecule has 2 N–H and O–H groups in total. The van der Waals surface area contributed by atoms with Crippen LogP contribution in [-0.2, 0) is 0 Å². The Labute approximate surface area is 104 Å². The molecular weight excluding hydrogens is 210 g/mol. The molecule has 0 saturated carbocycles. The lowest BCUT2D eigenvalue weighted by atomic mass is 10.0. The molecule has 0 bridgehead atoms. The predicted molar refractivity (Wildman–Crippen MR) is 72.3 cm³/mol. The van der Waals surface area contributed by atoms with Crippen LogP contribution >= 0.6 is 0 Å². The summed E-state index contributed by atoms with van der Waals surface area (Å²) in [6, 6.07) is 9.24. The molecule has 94 valence electrons. The van der Waals surface area contributed by atoms with Gasteiger partial charge in [-0.05, 0) is 19.5 Å². The Balaban J connectivity index is 2.00. The third-order valence-corrected chi connectivity index (χ3v) is 3.44. The van der Waals surface area contributed by atoms with Gasteiger partial charge in [0.1, 0.15) is 0 Å². The molecule has 1 fully saturated rings. The average Bonchev–Trinajstić information content (AvgIpc) is 2.37. The van der Waals surface area contributed by atoms with Gasteiger partial charge in [-0.3, -0.25) is 4.90 Å². The van der Waals surface area contributed by atoms with Crippen LogP contribution in [0.1, 0.15) is 17.2 Å². The van der Waals surface area contributed by atoms with Gasteiger partial charge in [-0.1, -0.05) is 29.8 Å². The van der Waals surface area contributed by atoms with Crippen molar-refractivity contribution in [1.29, 1.82) is 0 Å². The molecule has 3 heteroatoms. The number of aryl methyl sites for hydroxylation is 1. The average molecular weight is 233 g/mol. The first-order valence-electron chi connectivity index (χ1n) is 6.46. The van der Waals surface area contributed by atoms with Crippen LogP contribution in [0.15, 0.2) is 24.3 Å². The van der Waals surface area contributed by atoms with Gasteiger partial charge in [0.15, 0.2) is 0 Å².